The van der Waals surface area contributed by atoms with Crippen LogP contribution in [0.25, 0.3) is 0 Å². The smallest absolute Gasteiger partial charge is 0.0795 e. The Hall–Kier alpha value is 0.293. The summed E-state index contributed by atoms with van der Waals surface area (Å²) in [5.74, 6) is 0. The average molecular weight is 147 g/mol. The molecule has 0 bridgehead atoms. The summed E-state index contributed by atoms with van der Waals surface area (Å²) in [6.45, 7) is 2.69. The molecule has 0 heterocycles. The van der Waals surface area contributed by atoms with E-state index in [9.17, 15) is 4.39 Å². The zero-order valence-corrected chi connectivity index (χ0v) is 3.75. The van der Waals surface area contributed by atoms with Crippen LogP contribution in [0.2, 0.25) is 0 Å². The molecule has 0 aromatic carbocycles. The molecule has 0 rings (SSSR count). The maximum absolute atomic E-state index is 10.1. The molecule has 0 aliphatic rings. The van der Waals surface area contributed by atoms with Crippen molar-refractivity contribution in [1.29, 1.82) is 0 Å². The van der Waals surface area contributed by atoms with Crippen molar-refractivity contribution < 1.29 is 23.9 Å². The van der Waals surface area contributed by atoms with Gasteiger partial charge in [0.2, 0.25) is 0 Å². The van der Waals surface area contributed by atoms with E-state index in [2.05, 4.69) is 6.58 Å². The summed E-state index contributed by atoms with van der Waals surface area (Å²) < 4.78 is 10.1. The van der Waals surface area contributed by atoms with Gasteiger partial charge in [-0.3, -0.25) is 0 Å². The first kappa shape index (κ1) is 8.85. The van der Waals surface area contributed by atoms with Gasteiger partial charge in [-0.2, -0.15) is 0 Å². The molecular weight excluding hydrogens is 144 g/mol. The molecule has 4 heavy (non-hydrogen) atoms. The molecular formula is C2H3FRu. The van der Waals surface area contributed by atoms with Crippen LogP contribution in [0.5, 0.6) is 0 Å². The van der Waals surface area contributed by atoms with Gasteiger partial charge in [0.25, 0.3) is 0 Å². The van der Waals surface area contributed by atoms with Gasteiger partial charge in [-0.05, 0) is 0 Å². The van der Waals surface area contributed by atoms with Gasteiger partial charge in [0.15, 0.2) is 0 Å². The van der Waals surface area contributed by atoms with Crippen LogP contribution in [0.4, 0.5) is 4.39 Å². The van der Waals surface area contributed by atoms with Gasteiger partial charge < -0.3 is 0 Å². The molecule has 0 saturated heterocycles. The third-order valence-electron chi connectivity index (χ3n) is 0. The van der Waals surface area contributed by atoms with Crippen LogP contribution >= 0.6 is 0 Å². The Bertz CT molecular complexity index is 13.5. The predicted molar refractivity (Wildman–Crippen MR) is 11.3 cm³/mol. The standard InChI is InChI=1S/C2H3F.Ru/c1-2-3;/h2H,1H2;. The van der Waals surface area contributed by atoms with E-state index >= 15 is 0 Å². The minimum Gasteiger partial charge on any atom is -0.216 e. The maximum Gasteiger partial charge on any atom is 0.0795 e. The summed E-state index contributed by atoms with van der Waals surface area (Å²) in [6.07, 6.45) is 0.250. The fraction of sp³-hybridized carbons (Fsp3) is 0. The molecule has 0 amide bonds. The quantitative estimate of drug-likeness (QED) is 0.450. The van der Waals surface area contributed by atoms with E-state index in [1.807, 2.05) is 0 Å². The third kappa shape index (κ3) is 44.6. The number of rotatable bonds is 0. The van der Waals surface area contributed by atoms with Gasteiger partial charge >= 0.3 is 0 Å². The van der Waals surface area contributed by atoms with E-state index in [1.54, 1.807) is 0 Å². The van der Waals surface area contributed by atoms with Crippen LogP contribution in [0, 0.1) is 0 Å². The first-order chi connectivity index (χ1) is 1.41. The average Bonchev–Trinajstić information content (AvgIpc) is 0.918. The number of hydrogen-bond acceptors (Lipinski definition) is 0. The molecule has 2 heteroatoms. The van der Waals surface area contributed by atoms with E-state index in [-0.39, 0.29) is 25.8 Å². The Labute approximate surface area is 37.5 Å². The summed E-state index contributed by atoms with van der Waals surface area (Å²) >= 11 is 0. The van der Waals surface area contributed by atoms with E-state index in [1.165, 1.54) is 0 Å². The van der Waals surface area contributed by atoms with Crippen molar-refractivity contribution in [3.8, 4) is 0 Å². The summed E-state index contributed by atoms with van der Waals surface area (Å²) in [6, 6.07) is 0. The van der Waals surface area contributed by atoms with Crippen molar-refractivity contribution >= 4 is 0 Å². The van der Waals surface area contributed by atoms with E-state index in [0.29, 0.717) is 0 Å². The fourth-order valence-electron chi connectivity index (χ4n) is 0. The fourth-order valence-corrected chi connectivity index (χ4v) is 0. The molecule has 0 aromatic rings. The van der Waals surface area contributed by atoms with Gasteiger partial charge in [0, 0.05) is 19.5 Å². The largest absolute Gasteiger partial charge is 0.216 e. The van der Waals surface area contributed by atoms with Crippen molar-refractivity contribution in [2.45, 2.75) is 0 Å². The summed E-state index contributed by atoms with van der Waals surface area (Å²) in [4.78, 5) is 0. The van der Waals surface area contributed by atoms with Crippen LogP contribution in [0.15, 0.2) is 12.9 Å². The minimum atomic E-state index is 0. The molecule has 0 spiro atoms. The molecule has 0 aliphatic heterocycles. The van der Waals surface area contributed by atoms with Gasteiger partial charge in [-0.1, -0.05) is 6.58 Å². The molecule has 0 unspecified atom stereocenters. The van der Waals surface area contributed by atoms with Gasteiger partial charge in [-0.15, -0.1) is 0 Å². The van der Waals surface area contributed by atoms with Crippen molar-refractivity contribution in [3.63, 3.8) is 0 Å². The number of halogens is 1. The van der Waals surface area contributed by atoms with Crippen LogP contribution in [0.3, 0.4) is 0 Å². The van der Waals surface area contributed by atoms with Crippen molar-refractivity contribution in [3.05, 3.63) is 12.9 Å². The van der Waals surface area contributed by atoms with Crippen LogP contribution < -0.4 is 0 Å². The Morgan fingerprint density at radius 1 is 1.75 bits per heavy atom. The maximum atomic E-state index is 10.1. The second kappa shape index (κ2) is 10.4. The SMILES string of the molecule is C=CF.[Ru]. The molecule has 0 fully saturated rings. The van der Waals surface area contributed by atoms with Crippen molar-refractivity contribution in [1.82, 2.24) is 0 Å². The van der Waals surface area contributed by atoms with Crippen LogP contribution in [-0.2, 0) is 19.5 Å². The Balaban J connectivity index is 0. The van der Waals surface area contributed by atoms with Gasteiger partial charge in [0.05, 0.1) is 6.33 Å². The summed E-state index contributed by atoms with van der Waals surface area (Å²) in [7, 11) is 0. The topological polar surface area (TPSA) is 0 Å². The molecule has 0 aromatic heterocycles. The van der Waals surface area contributed by atoms with Crippen molar-refractivity contribution in [2.75, 3.05) is 0 Å². The van der Waals surface area contributed by atoms with Crippen LogP contribution in [0.1, 0.15) is 0 Å². The normalized spacial score (nSPS) is 3.25. The Morgan fingerprint density at radius 3 is 1.75 bits per heavy atom. The molecule has 0 radical (unpaired) electrons. The second-order valence-corrected chi connectivity index (χ2v) is 0.154. The van der Waals surface area contributed by atoms with E-state index in [0.717, 1.165) is 0 Å². The molecule has 26 valence electrons. The van der Waals surface area contributed by atoms with E-state index in [4.69, 9.17) is 0 Å². The van der Waals surface area contributed by atoms with Gasteiger partial charge in [0.1, 0.15) is 0 Å². The van der Waals surface area contributed by atoms with E-state index < -0.39 is 0 Å². The first-order valence-electron chi connectivity index (χ1n) is 0.626. The second-order valence-electron chi connectivity index (χ2n) is 0.154. The number of hydrogen-bond donors (Lipinski definition) is 0. The molecule has 0 nitrogen and oxygen atoms in total. The molecule has 0 N–H and O–H groups in total. The summed E-state index contributed by atoms with van der Waals surface area (Å²) in [5.41, 5.74) is 0. The van der Waals surface area contributed by atoms with Crippen LogP contribution in [-0.4, -0.2) is 0 Å². The monoisotopic (exact) mass is 148 g/mol. The first-order valence-corrected chi connectivity index (χ1v) is 0.626. The minimum absolute atomic E-state index is 0. The molecule has 0 aliphatic carbocycles. The third-order valence-corrected chi connectivity index (χ3v) is 0. The van der Waals surface area contributed by atoms with Gasteiger partial charge in [-0.25, -0.2) is 4.39 Å². The Kier molecular flexibility index (Phi) is 22.9. The zero-order valence-electron chi connectivity index (χ0n) is 2.02. The zero-order chi connectivity index (χ0) is 2.71. The molecule has 0 atom stereocenters. The molecule has 0 saturated carbocycles. The summed E-state index contributed by atoms with van der Waals surface area (Å²) in [5, 5.41) is 0. The van der Waals surface area contributed by atoms with Crippen molar-refractivity contribution in [2.24, 2.45) is 0 Å². The predicted octanol–water partition coefficient (Wildman–Crippen LogP) is 1.10. The Morgan fingerprint density at radius 2 is 1.75 bits per heavy atom.